The molecule has 0 spiro atoms. The molecule has 2 fully saturated rings. The van der Waals surface area contributed by atoms with Crippen LogP contribution in [0.15, 0.2) is 0 Å². The zero-order valence-corrected chi connectivity index (χ0v) is 5.84. The summed E-state index contributed by atoms with van der Waals surface area (Å²) in [6.07, 6.45) is 7.12. The minimum absolute atomic E-state index is 0.795. The maximum absolute atomic E-state index is 4.52. The van der Waals surface area contributed by atoms with Crippen LogP contribution in [0.2, 0.25) is 0 Å². The van der Waals surface area contributed by atoms with Crippen molar-refractivity contribution in [1.82, 2.24) is 5.32 Å². The molecule has 51 valence electrons. The van der Waals surface area contributed by atoms with E-state index in [0.717, 1.165) is 18.5 Å². The Kier molecular flexibility index (Phi) is 1.46. The maximum atomic E-state index is 4.52. The van der Waals surface area contributed by atoms with Crippen LogP contribution in [0.4, 0.5) is 0 Å². The SMILES string of the molecule is C(CC1CC1)[N]C1CC1. The third-order valence-electron chi connectivity index (χ3n) is 2.17. The van der Waals surface area contributed by atoms with Gasteiger partial charge in [0.05, 0.1) is 0 Å². The molecule has 0 heterocycles. The molecule has 1 radical (unpaired) electrons. The zero-order valence-electron chi connectivity index (χ0n) is 5.84. The van der Waals surface area contributed by atoms with Gasteiger partial charge in [-0.15, -0.1) is 0 Å². The van der Waals surface area contributed by atoms with Gasteiger partial charge >= 0.3 is 0 Å². The second-order valence-electron chi connectivity index (χ2n) is 3.37. The van der Waals surface area contributed by atoms with Gasteiger partial charge in [-0.2, -0.15) is 0 Å². The van der Waals surface area contributed by atoms with Crippen LogP contribution in [0.1, 0.15) is 32.1 Å². The monoisotopic (exact) mass is 124 g/mol. The van der Waals surface area contributed by atoms with E-state index in [1.165, 1.54) is 32.1 Å². The van der Waals surface area contributed by atoms with E-state index in [1.807, 2.05) is 0 Å². The molecular formula is C8H14N. The van der Waals surface area contributed by atoms with Gasteiger partial charge in [-0.3, -0.25) is 0 Å². The van der Waals surface area contributed by atoms with Crippen molar-refractivity contribution in [3.8, 4) is 0 Å². The fourth-order valence-electron chi connectivity index (χ4n) is 1.10. The van der Waals surface area contributed by atoms with Gasteiger partial charge in [0.2, 0.25) is 0 Å². The van der Waals surface area contributed by atoms with Crippen molar-refractivity contribution in [3.05, 3.63) is 0 Å². The predicted octanol–water partition coefficient (Wildman–Crippen LogP) is 1.55. The molecule has 2 rings (SSSR count). The van der Waals surface area contributed by atoms with Gasteiger partial charge in [-0.1, -0.05) is 12.8 Å². The summed E-state index contributed by atoms with van der Waals surface area (Å²) < 4.78 is 0. The van der Waals surface area contributed by atoms with Crippen molar-refractivity contribution in [2.24, 2.45) is 5.92 Å². The van der Waals surface area contributed by atoms with Gasteiger partial charge in [0, 0.05) is 12.6 Å². The minimum Gasteiger partial charge on any atom is -0.238 e. The Balaban J connectivity index is 1.46. The Bertz CT molecular complexity index is 80.7. The second-order valence-corrected chi connectivity index (χ2v) is 3.37. The predicted molar refractivity (Wildman–Crippen MR) is 37.4 cm³/mol. The molecule has 1 heteroatoms. The normalized spacial score (nSPS) is 26.7. The van der Waals surface area contributed by atoms with Crippen molar-refractivity contribution in [1.29, 1.82) is 0 Å². The van der Waals surface area contributed by atoms with Crippen LogP contribution in [0.5, 0.6) is 0 Å². The lowest BCUT2D eigenvalue weighted by molar-refractivity contribution is 0.599. The van der Waals surface area contributed by atoms with Gasteiger partial charge in [0.15, 0.2) is 0 Å². The first-order valence-corrected chi connectivity index (χ1v) is 4.12. The lowest BCUT2D eigenvalue weighted by Crippen LogP contribution is -2.08. The molecule has 2 aliphatic rings. The molecule has 0 aromatic rings. The fourth-order valence-corrected chi connectivity index (χ4v) is 1.10. The molecule has 1 nitrogen and oxygen atoms in total. The number of rotatable bonds is 4. The highest BCUT2D eigenvalue weighted by Crippen LogP contribution is 2.32. The smallest absolute Gasteiger partial charge is 0.0247 e. The fraction of sp³-hybridized carbons (Fsp3) is 1.00. The van der Waals surface area contributed by atoms with E-state index >= 15 is 0 Å². The third kappa shape index (κ3) is 1.98. The van der Waals surface area contributed by atoms with Gasteiger partial charge in [-0.05, 0) is 25.2 Å². The molecule has 0 saturated heterocycles. The summed E-state index contributed by atoms with van der Waals surface area (Å²) >= 11 is 0. The lowest BCUT2D eigenvalue weighted by Gasteiger charge is -1.95. The first kappa shape index (κ1) is 5.72. The molecule has 0 bridgehead atoms. The van der Waals surface area contributed by atoms with Crippen molar-refractivity contribution < 1.29 is 0 Å². The quantitative estimate of drug-likeness (QED) is 0.540. The molecule has 0 atom stereocenters. The van der Waals surface area contributed by atoms with E-state index in [-0.39, 0.29) is 0 Å². The van der Waals surface area contributed by atoms with Crippen molar-refractivity contribution in [2.45, 2.75) is 38.1 Å². The van der Waals surface area contributed by atoms with E-state index in [1.54, 1.807) is 0 Å². The van der Waals surface area contributed by atoms with Gasteiger partial charge in [0.1, 0.15) is 0 Å². The van der Waals surface area contributed by atoms with Crippen LogP contribution < -0.4 is 5.32 Å². The van der Waals surface area contributed by atoms with Crippen LogP contribution in [-0.4, -0.2) is 12.6 Å². The molecule has 0 aromatic carbocycles. The summed E-state index contributed by atoms with van der Waals surface area (Å²) in [5, 5.41) is 4.52. The van der Waals surface area contributed by atoms with Gasteiger partial charge in [-0.25, -0.2) is 5.32 Å². The first-order chi connectivity index (χ1) is 4.45. The molecule has 0 aliphatic heterocycles. The summed E-state index contributed by atoms with van der Waals surface area (Å²) in [6, 6.07) is 0.795. The Morgan fingerprint density at radius 2 is 1.89 bits per heavy atom. The Labute approximate surface area is 56.8 Å². The van der Waals surface area contributed by atoms with Gasteiger partial charge in [0.25, 0.3) is 0 Å². The maximum Gasteiger partial charge on any atom is 0.0247 e. The molecule has 0 aromatic heterocycles. The lowest BCUT2D eigenvalue weighted by atomic mass is 10.3. The summed E-state index contributed by atoms with van der Waals surface area (Å²) in [5.41, 5.74) is 0. The largest absolute Gasteiger partial charge is 0.238 e. The molecule has 0 unspecified atom stereocenters. The van der Waals surface area contributed by atoms with Crippen LogP contribution in [-0.2, 0) is 0 Å². The van der Waals surface area contributed by atoms with Gasteiger partial charge < -0.3 is 0 Å². The van der Waals surface area contributed by atoms with Crippen LogP contribution in [0.3, 0.4) is 0 Å². The topological polar surface area (TPSA) is 14.1 Å². The van der Waals surface area contributed by atoms with Crippen LogP contribution in [0, 0.1) is 5.92 Å². The summed E-state index contributed by atoms with van der Waals surface area (Å²) in [6.45, 7) is 1.16. The van der Waals surface area contributed by atoms with Crippen molar-refractivity contribution in [2.75, 3.05) is 6.54 Å². The van der Waals surface area contributed by atoms with Crippen LogP contribution in [0.25, 0.3) is 0 Å². The zero-order chi connectivity index (χ0) is 6.10. The van der Waals surface area contributed by atoms with Crippen molar-refractivity contribution in [3.63, 3.8) is 0 Å². The molecule has 0 amide bonds. The molecular weight excluding hydrogens is 110 g/mol. The average Bonchev–Trinajstić information content (AvgIpc) is 2.57. The van der Waals surface area contributed by atoms with E-state index in [2.05, 4.69) is 5.32 Å². The highest BCUT2D eigenvalue weighted by molar-refractivity contribution is 4.81. The summed E-state index contributed by atoms with van der Waals surface area (Å²) in [7, 11) is 0. The highest BCUT2D eigenvalue weighted by Gasteiger charge is 2.24. The summed E-state index contributed by atoms with van der Waals surface area (Å²) in [5.74, 6) is 1.08. The van der Waals surface area contributed by atoms with E-state index in [9.17, 15) is 0 Å². The Morgan fingerprint density at radius 3 is 2.44 bits per heavy atom. The molecule has 2 saturated carbocycles. The third-order valence-corrected chi connectivity index (χ3v) is 2.17. The average molecular weight is 124 g/mol. The standard InChI is InChI=1S/C8H14N/c1-2-7(1)5-6-9-8-3-4-8/h7-8H,1-6H2. The first-order valence-electron chi connectivity index (χ1n) is 4.12. The number of hydrogen-bond acceptors (Lipinski definition) is 0. The van der Waals surface area contributed by atoms with Crippen LogP contribution >= 0.6 is 0 Å². The van der Waals surface area contributed by atoms with E-state index < -0.39 is 0 Å². The summed E-state index contributed by atoms with van der Waals surface area (Å²) in [4.78, 5) is 0. The Morgan fingerprint density at radius 1 is 1.11 bits per heavy atom. The number of nitrogens with zero attached hydrogens (tertiary/aromatic N) is 1. The van der Waals surface area contributed by atoms with E-state index in [4.69, 9.17) is 0 Å². The molecule has 0 N–H and O–H groups in total. The molecule has 9 heavy (non-hydrogen) atoms. The number of hydrogen-bond donors (Lipinski definition) is 0. The highest BCUT2D eigenvalue weighted by atomic mass is 14.9. The molecule has 2 aliphatic carbocycles. The minimum atomic E-state index is 0.795. The second kappa shape index (κ2) is 2.30. The van der Waals surface area contributed by atoms with Crippen molar-refractivity contribution >= 4 is 0 Å². The van der Waals surface area contributed by atoms with E-state index in [0.29, 0.717) is 0 Å². The Hall–Kier alpha value is -0.0400.